The standard InChI is InChI=1S/C35H32O14/c1-17(36)43-16-29-31(44-18(2)37)32(45-19(3)38)33(46-20(4)39)35(49-29)47-22-11-13-26-28(15-22)48-27-14-21(40)10-12-25(27)30(26)23-8-6-7-9-24(23)34(41)42-5/h6-15,29,31-33,35H,16H2,1-5H3/t29-,31-,32+,33-,35-/m1/s1. The number of hydrogen-bond acceptors (Lipinski definition) is 14. The summed E-state index contributed by atoms with van der Waals surface area (Å²) in [6.45, 7) is 4.08. The molecule has 14 nitrogen and oxygen atoms in total. The van der Waals surface area contributed by atoms with Crippen molar-refractivity contribution in [1.29, 1.82) is 0 Å². The van der Waals surface area contributed by atoms with E-state index in [0.29, 0.717) is 22.1 Å². The third-order valence-electron chi connectivity index (χ3n) is 7.47. The Balaban J connectivity index is 1.63. The van der Waals surface area contributed by atoms with E-state index in [4.69, 9.17) is 37.6 Å². The Labute approximate surface area is 279 Å². The molecule has 0 amide bonds. The van der Waals surface area contributed by atoms with Crippen LogP contribution in [0.1, 0.15) is 38.1 Å². The fraction of sp³-hybridized carbons (Fsp3) is 0.314. The molecule has 3 aliphatic rings. The largest absolute Gasteiger partial charge is 0.465 e. The molecule has 2 heterocycles. The highest BCUT2D eigenvalue weighted by Gasteiger charge is 2.53. The third kappa shape index (κ3) is 7.70. The predicted molar refractivity (Wildman–Crippen MR) is 168 cm³/mol. The topological polar surface area (TPSA) is 180 Å². The van der Waals surface area contributed by atoms with Gasteiger partial charge in [0, 0.05) is 56.3 Å². The van der Waals surface area contributed by atoms with Crippen LogP contribution in [0.5, 0.6) is 5.75 Å². The van der Waals surface area contributed by atoms with Crippen molar-refractivity contribution in [2.45, 2.75) is 58.4 Å². The summed E-state index contributed by atoms with van der Waals surface area (Å²) >= 11 is 0. The molecular formula is C35H32O14. The van der Waals surface area contributed by atoms with Gasteiger partial charge in [-0.15, -0.1) is 0 Å². The van der Waals surface area contributed by atoms with Gasteiger partial charge in [-0.3, -0.25) is 24.0 Å². The highest BCUT2D eigenvalue weighted by molar-refractivity contribution is 6.07. The Bertz CT molecular complexity index is 1940. The van der Waals surface area contributed by atoms with Crippen LogP contribution in [0.25, 0.3) is 33.4 Å². The number of hydrogen-bond donors (Lipinski definition) is 0. The lowest BCUT2D eigenvalue weighted by atomic mass is 9.91. The maximum absolute atomic E-state index is 12.8. The minimum Gasteiger partial charge on any atom is -0.465 e. The molecule has 1 fully saturated rings. The number of carbonyl (C=O) groups is 5. The summed E-state index contributed by atoms with van der Waals surface area (Å²) in [5, 5.41) is 0.538. The molecule has 5 atom stereocenters. The molecule has 0 N–H and O–H groups in total. The van der Waals surface area contributed by atoms with E-state index in [1.165, 1.54) is 32.2 Å². The van der Waals surface area contributed by atoms with Gasteiger partial charge in [0.25, 0.3) is 0 Å². The van der Waals surface area contributed by atoms with Crippen LogP contribution in [0.2, 0.25) is 0 Å². The van der Waals surface area contributed by atoms with E-state index in [9.17, 15) is 28.8 Å². The first kappa shape index (κ1) is 34.6. The van der Waals surface area contributed by atoms with Crippen molar-refractivity contribution in [3.8, 4) is 28.2 Å². The first-order valence-electron chi connectivity index (χ1n) is 15.0. The predicted octanol–water partition coefficient (Wildman–Crippen LogP) is 3.81. The molecule has 0 radical (unpaired) electrons. The van der Waals surface area contributed by atoms with E-state index in [2.05, 4.69) is 0 Å². The smallest absolute Gasteiger partial charge is 0.338 e. The van der Waals surface area contributed by atoms with Gasteiger partial charge in [-0.25, -0.2) is 4.79 Å². The van der Waals surface area contributed by atoms with E-state index in [0.717, 1.165) is 20.8 Å². The van der Waals surface area contributed by atoms with Crippen molar-refractivity contribution < 1.29 is 61.5 Å². The quantitative estimate of drug-likeness (QED) is 0.142. The van der Waals surface area contributed by atoms with Crippen LogP contribution in [0.15, 0.2) is 69.9 Å². The maximum atomic E-state index is 12.8. The summed E-state index contributed by atoms with van der Waals surface area (Å²) in [5.74, 6) is -3.25. The van der Waals surface area contributed by atoms with E-state index < -0.39 is 67.2 Å². The number of fused-ring (bicyclic) bond motifs is 2. The second-order valence-electron chi connectivity index (χ2n) is 11.0. The number of ether oxygens (including phenoxy) is 7. The molecule has 14 heteroatoms. The number of benzene rings is 3. The van der Waals surface area contributed by atoms with Gasteiger partial charge in [-0.2, -0.15) is 0 Å². The Hall–Kier alpha value is -5.76. The summed E-state index contributed by atoms with van der Waals surface area (Å²) < 4.78 is 44.9. The Morgan fingerprint density at radius 1 is 0.735 bits per heavy atom. The molecule has 256 valence electrons. The van der Waals surface area contributed by atoms with Gasteiger partial charge in [0.15, 0.2) is 17.6 Å². The van der Waals surface area contributed by atoms with Gasteiger partial charge in [0.05, 0.1) is 12.7 Å². The van der Waals surface area contributed by atoms with Crippen molar-refractivity contribution in [1.82, 2.24) is 0 Å². The van der Waals surface area contributed by atoms with Gasteiger partial charge in [0.2, 0.25) is 12.4 Å². The summed E-state index contributed by atoms with van der Waals surface area (Å²) in [5.41, 5.74) is 1.85. The van der Waals surface area contributed by atoms with Gasteiger partial charge in [0.1, 0.15) is 29.8 Å². The fourth-order valence-corrected chi connectivity index (χ4v) is 5.62. The second kappa shape index (κ2) is 14.6. The Morgan fingerprint density at radius 3 is 2.08 bits per heavy atom. The van der Waals surface area contributed by atoms with Crippen molar-refractivity contribution >= 4 is 40.8 Å². The Kier molecular flexibility index (Phi) is 10.3. The lowest BCUT2D eigenvalue weighted by Crippen LogP contribution is -2.63. The molecule has 2 aromatic rings. The number of carbonyl (C=O) groups excluding carboxylic acids is 5. The van der Waals surface area contributed by atoms with Crippen LogP contribution < -0.4 is 10.2 Å². The molecule has 2 aliphatic heterocycles. The number of esters is 5. The summed E-state index contributed by atoms with van der Waals surface area (Å²) in [7, 11) is 1.27. The third-order valence-corrected chi connectivity index (χ3v) is 7.47. The van der Waals surface area contributed by atoms with Crippen LogP contribution in [0.4, 0.5) is 0 Å². The molecule has 2 aromatic carbocycles. The summed E-state index contributed by atoms with van der Waals surface area (Å²) in [6.07, 6.45) is -6.97. The van der Waals surface area contributed by atoms with Gasteiger partial charge in [-0.05, 0) is 35.9 Å². The van der Waals surface area contributed by atoms with E-state index in [1.54, 1.807) is 42.5 Å². The van der Waals surface area contributed by atoms with Crippen LogP contribution >= 0.6 is 0 Å². The molecule has 49 heavy (non-hydrogen) atoms. The maximum Gasteiger partial charge on any atom is 0.338 e. The van der Waals surface area contributed by atoms with Crippen LogP contribution in [-0.2, 0) is 47.6 Å². The fourth-order valence-electron chi connectivity index (χ4n) is 5.62. The molecule has 0 unspecified atom stereocenters. The summed E-state index contributed by atoms with van der Waals surface area (Å²) in [6, 6.07) is 15.8. The highest BCUT2D eigenvalue weighted by atomic mass is 16.7. The SMILES string of the molecule is COC(=O)c1ccccc1-c1c2ccc(=O)cc-2oc2cc(O[C@@H]3O[C@H](COC(C)=O)[C@@H](OC(C)=O)[C@H](OC(C)=O)[C@H]3OC(C)=O)ccc12. The molecule has 1 saturated heterocycles. The van der Waals surface area contributed by atoms with Crippen molar-refractivity contribution in [3.63, 3.8) is 0 Å². The molecule has 0 spiro atoms. The Morgan fingerprint density at radius 2 is 1.41 bits per heavy atom. The minimum atomic E-state index is -1.49. The number of rotatable bonds is 9. The minimum absolute atomic E-state index is 0.113. The lowest BCUT2D eigenvalue weighted by molar-refractivity contribution is -0.288. The molecular weight excluding hydrogens is 644 g/mol. The van der Waals surface area contributed by atoms with Crippen LogP contribution in [0, 0.1) is 0 Å². The number of methoxy groups -OCH3 is 1. The zero-order valence-electron chi connectivity index (χ0n) is 27.1. The highest BCUT2D eigenvalue weighted by Crippen LogP contribution is 2.42. The lowest BCUT2D eigenvalue weighted by Gasteiger charge is -2.43. The average Bonchev–Trinajstić information content (AvgIpc) is 3.04. The van der Waals surface area contributed by atoms with Gasteiger partial charge < -0.3 is 37.6 Å². The van der Waals surface area contributed by atoms with E-state index in [-0.39, 0.29) is 28.1 Å². The zero-order chi connectivity index (χ0) is 35.4. The van der Waals surface area contributed by atoms with E-state index in [1.807, 2.05) is 0 Å². The average molecular weight is 677 g/mol. The normalized spacial score (nSPS) is 20.2. The van der Waals surface area contributed by atoms with Crippen LogP contribution in [-0.4, -0.2) is 74.3 Å². The monoisotopic (exact) mass is 676 g/mol. The summed E-state index contributed by atoms with van der Waals surface area (Å²) in [4.78, 5) is 73.3. The second-order valence-corrected chi connectivity index (χ2v) is 11.0. The van der Waals surface area contributed by atoms with Gasteiger partial charge >= 0.3 is 29.8 Å². The van der Waals surface area contributed by atoms with E-state index >= 15 is 0 Å². The van der Waals surface area contributed by atoms with Crippen LogP contribution in [0.3, 0.4) is 0 Å². The van der Waals surface area contributed by atoms with Crippen molar-refractivity contribution in [2.75, 3.05) is 13.7 Å². The first-order valence-corrected chi connectivity index (χ1v) is 15.0. The molecule has 0 aromatic heterocycles. The molecule has 5 rings (SSSR count). The molecule has 1 aliphatic carbocycles. The molecule has 0 bridgehead atoms. The molecule has 0 saturated carbocycles. The van der Waals surface area contributed by atoms with Crippen molar-refractivity contribution in [2.24, 2.45) is 0 Å². The van der Waals surface area contributed by atoms with Gasteiger partial charge in [-0.1, -0.05) is 18.2 Å². The first-order chi connectivity index (χ1) is 23.4. The van der Waals surface area contributed by atoms with Crippen molar-refractivity contribution in [3.05, 3.63) is 76.5 Å². The zero-order valence-corrected chi connectivity index (χ0v) is 27.1.